The molecule has 0 amide bonds. The zero-order valence-corrected chi connectivity index (χ0v) is 15.2. The molecule has 0 spiro atoms. The maximum Gasteiger partial charge on any atom is 0.573 e. The summed E-state index contributed by atoms with van der Waals surface area (Å²) in [5.74, 6) is -0.909. The minimum atomic E-state index is -4.93. The Bertz CT molecular complexity index is 1090. The molecule has 140 valence electrons. The number of esters is 1. The molecule has 0 N–H and O–H groups in total. The minimum Gasteiger partial charge on any atom is -0.427 e. The number of hydrogen-bond donors (Lipinski definition) is 0. The Labute approximate surface area is 158 Å². The van der Waals surface area contributed by atoms with Gasteiger partial charge in [0.2, 0.25) is 0 Å². The number of ether oxygens (including phenoxy) is 2. The van der Waals surface area contributed by atoms with E-state index in [1.165, 1.54) is 43.3 Å². The Kier molecular flexibility index (Phi) is 4.97. The lowest BCUT2D eigenvalue weighted by Crippen LogP contribution is -2.18. The fourth-order valence-corrected chi connectivity index (χ4v) is 2.78. The molecule has 0 bridgehead atoms. The van der Waals surface area contributed by atoms with Gasteiger partial charge in [-0.15, -0.1) is 13.2 Å². The van der Waals surface area contributed by atoms with E-state index in [0.717, 1.165) is 6.07 Å². The lowest BCUT2D eigenvalue weighted by atomic mass is 10.0. The van der Waals surface area contributed by atoms with Gasteiger partial charge in [-0.3, -0.25) is 4.79 Å². The van der Waals surface area contributed by atoms with Crippen molar-refractivity contribution in [2.45, 2.75) is 13.3 Å². The fourth-order valence-electron chi connectivity index (χ4n) is 2.44. The summed E-state index contributed by atoms with van der Waals surface area (Å²) < 4.78 is 52.6. The van der Waals surface area contributed by atoms with Gasteiger partial charge in [-0.1, -0.05) is 15.9 Å². The van der Waals surface area contributed by atoms with Crippen LogP contribution in [-0.2, 0) is 4.79 Å². The molecule has 0 fully saturated rings. The summed E-state index contributed by atoms with van der Waals surface area (Å²) in [7, 11) is 0. The van der Waals surface area contributed by atoms with Crippen LogP contribution in [0.15, 0.2) is 56.1 Å². The van der Waals surface area contributed by atoms with Gasteiger partial charge in [0.1, 0.15) is 17.1 Å². The number of benzene rings is 2. The molecular weight excluding hydrogens is 433 g/mol. The summed E-state index contributed by atoms with van der Waals surface area (Å²) in [6.07, 6.45) is -4.93. The van der Waals surface area contributed by atoms with Crippen LogP contribution >= 0.6 is 15.9 Å². The van der Waals surface area contributed by atoms with Gasteiger partial charge in [0.05, 0.1) is 5.56 Å². The van der Waals surface area contributed by atoms with E-state index in [4.69, 9.17) is 9.15 Å². The van der Waals surface area contributed by atoms with Gasteiger partial charge in [-0.2, -0.15) is 0 Å². The van der Waals surface area contributed by atoms with Crippen molar-refractivity contribution in [2.24, 2.45) is 0 Å². The monoisotopic (exact) mass is 442 g/mol. The molecule has 2 aromatic carbocycles. The Hall–Kier alpha value is -2.81. The van der Waals surface area contributed by atoms with E-state index in [1.807, 2.05) is 0 Å². The molecule has 0 saturated heterocycles. The second-order valence-electron chi connectivity index (χ2n) is 5.43. The van der Waals surface area contributed by atoms with Gasteiger partial charge in [0.15, 0.2) is 0 Å². The van der Waals surface area contributed by atoms with Crippen LogP contribution in [-0.4, -0.2) is 12.3 Å². The second kappa shape index (κ2) is 7.07. The van der Waals surface area contributed by atoms with Crippen molar-refractivity contribution in [1.29, 1.82) is 0 Å². The van der Waals surface area contributed by atoms with Crippen molar-refractivity contribution in [3.8, 4) is 22.6 Å². The van der Waals surface area contributed by atoms with Gasteiger partial charge < -0.3 is 13.9 Å². The highest BCUT2D eigenvalue weighted by molar-refractivity contribution is 9.10. The summed E-state index contributed by atoms with van der Waals surface area (Å²) >= 11 is 3.07. The molecule has 0 unspecified atom stereocenters. The van der Waals surface area contributed by atoms with E-state index in [9.17, 15) is 22.8 Å². The van der Waals surface area contributed by atoms with E-state index in [1.54, 1.807) is 0 Å². The number of carbonyl (C=O) groups is 1. The summed E-state index contributed by atoms with van der Waals surface area (Å²) in [6.45, 7) is 1.22. The maximum atomic E-state index is 12.7. The SMILES string of the molecule is CC(=O)Oc1ccc2cc(-c3ccc(Br)cc3OC(F)(F)F)c(=O)oc2c1. The molecule has 1 heterocycles. The van der Waals surface area contributed by atoms with Gasteiger partial charge >= 0.3 is 18.0 Å². The number of hydrogen-bond acceptors (Lipinski definition) is 5. The third-order valence-electron chi connectivity index (χ3n) is 3.43. The van der Waals surface area contributed by atoms with Crippen LogP contribution in [0.2, 0.25) is 0 Å². The quantitative estimate of drug-likeness (QED) is 0.322. The normalized spacial score (nSPS) is 11.4. The number of halogens is 4. The van der Waals surface area contributed by atoms with E-state index in [0.29, 0.717) is 9.86 Å². The van der Waals surface area contributed by atoms with Gasteiger partial charge in [0.25, 0.3) is 0 Å². The minimum absolute atomic E-state index is 0.0739. The van der Waals surface area contributed by atoms with Crippen molar-refractivity contribution in [2.75, 3.05) is 0 Å². The fraction of sp³-hybridized carbons (Fsp3) is 0.111. The molecule has 1 aromatic heterocycles. The molecule has 27 heavy (non-hydrogen) atoms. The first-order valence-corrected chi connectivity index (χ1v) is 8.24. The molecule has 0 aliphatic heterocycles. The van der Waals surface area contributed by atoms with Gasteiger partial charge in [-0.25, -0.2) is 4.79 Å². The van der Waals surface area contributed by atoms with Crippen LogP contribution in [0.5, 0.6) is 11.5 Å². The maximum absolute atomic E-state index is 12.7. The molecule has 5 nitrogen and oxygen atoms in total. The number of carbonyl (C=O) groups excluding carboxylic acids is 1. The number of fused-ring (bicyclic) bond motifs is 1. The summed E-state index contributed by atoms with van der Waals surface area (Å²) in [6, 6.07) is 9.62. The van der Waals surface area contributed by atoms with Crippen LogP contribution in [0.3, 0.4) is 0 Å². The zero-order valence-electron chi connectivity index (χ0n) is 13.6. The van der Waals surface area contributed by atoms with Crippen molar-refractivity contribution in [3.05, 3.63) is 57.4 Å². The van der Waals surface area contributed by atoms with E-state index >= 15 is 0 Å². The first-order chi connectivity index (χ1) is 12.6. The van der Waals surface area contributed by atoms with Crippen LogP contribution in [0.25, 0.3) is 22.1 Å². The molecule has 3 aromatic rings. The third kappa shape index (κ3) is 4.48. The van der Waals surface area contributed by atoms with Crippen molar-refractivity contribution >= 4 is 32.9 Å². The highest BCUT2D eigenvalue weighted by Gasteiger charge is 2.32. The average molecular weight is 443 g/mol. The summed E-state index contributed by atoms with van der Waals surface area (Å²) in [4.78, 5) is 23.4. The van der Waals surface area contributed by atoms with Gasteiger partial charge in [-0.05, 0) is 36.4 Å². The van der Waals surface area contributed by atoms with E-state index in [-0.39, 0.29) is 22.5 Å². The largest absolute Gasteiger partial charge is 0.573 e. The molecule has 0 aliphatic rings. The second-order valence-corrected chi connectivity index (χ2v) is 6.34. The third-order valence-corrected chi connectivity index (χ3v) is 3.92. The average Bonchev–Trinajstić information content (AvgIpc) is 2.52. The lowest BCUT2D eigenvalue weighted by Gasteiger charge is -2.13. The molecule has 9 heteroatoms. The van der Waals surface area contributed by atoms with Crippen molar-refractivity contribution in [1.82, 2.24) is 0 Å². The first-order valence-electron chi connectivity index (χ1n) is 7.44. The molecule has 0 saturated carbocycles. The molecule has 0 radical (unpaired) electrons. The summed E-state index contributed by atoms with van der Waals surface area (Å²) in [5, 5.41) is 0.432. The zero-order chi connectivity index (χ0) is 19.8. The molecular formula is C18H10BrF3O5. The van der Waals surface area contributed by atoms with Crippen LogP contribution in [0, 0.1) is 0 Å². The Balaban J connectivity index is 2.14. The van der Waals surface area contributed by atoms with Crippen LogP contribution in [0.1, 0.15) is 6.92 Å². The standard InChI is InChI=1S/C18H10BrF3O5/c1-9(23)25-12-4-2-10-6-14(17(24)26-15(10)8-12)13-5-3-11(19)7-16(13)27-18(20,21)22/h2-8H,1H3. The van der Waals surface area contributed by atoms with Crippen LogP contribution in [0.4, 0.5) is 13.2 Å². The Morgan fingerprint density at radius 3 is 2.48 bits per heavy atom. The van der Waals surface area contributed by atoms with E-state index in [2.05, 4.69) is 20.7 Å². The Morgan fingerprint density at radius 2 is 1.81 bits per heavy atom. The number of rotatable bonds is 3. The number of alkyl halides is 3. The predicted octanol–water partition coefficient (Wildman–Crippen LogP) is 5.05. The highest BCUT2D eigenvalue weighted by Crippen LogP contribution is 2.36. The Morgan fingerprint density at radius 1 is 1.07 bits per heavy atom. The first kappa shape index (κ1) is 19.0. The molecule has 3 rings (SSSR count). The van der Waals surface area contributed by atoms with Gasteiger partial charge in [0, 0.05) is 28.4 Å². The van der Waals surface area contributed by atoms with Crippen molar-refractivity contribution in [3.63, 3.8) is 0 Å². The lowest BCUT2D eigenvalue weighted by molar-refractivity contribution is -0.274. The smallest absolute Gasteiger partial charge is 0.427 e. The predicted molar refractivity (Wildman–Crippen MR) is 93.6 cm³/mol. The van der Waals surface area contributed by atoms with Crippen LogP contribution < -0.4 is 15.1 Å². The van der Waals surface area contributed by atoms with Crippen molar-refractivity contribution < 1.29 is 31.9 Å². The topological polar surface area (TPSA) is 65.7 Å². The molecule has 0 atom stereocenters. The summed E-state index contributed by atoms with van der Waals surface area (Å²) in [5.41, 5.74) is -0.917. The molecule has 0 aliphatic carbocycles. The van der Waals surface area contributed by atoms with E-state index < -0.39 is 23.7 Å². The highest BCUT2D eigenvalue weighted by atomic mass is 79.9.